The van der Waals surface area contributed by atoms with Gasteiger partial charge in [-0.1, -0.05) is 30.1 Å². The second kappa shape index (κ2) is 6.40. The Bertz CT molecular complexity index is 649. The van der Waals surface area contributed by atoms with Crippen LogP contribution in [0.25, 0.3) is 0 Å². The number of nitrogens with one attached hydrogen (secondary N) is 1. The normalized spacial score (nSPS) is 25.8. The summed E-state index contributed by atoms with van der Waals surface area (Å²) >= 11 is 0. The Labute approximate surface area is 135 Å². The first-order valence-corrected chi connectivity index (χ1v) is 8.63. The molecule has 0 radical (unpaired) electrons. The highest BCUT2D eigenvalue weighted by Gasteiger charge is 2.32. The summed E-state index contributed by atoms with van der Waals surface area (Å²) < 4.78 is 18.7. The Morgan fingerprint density at radius 1 is 1.04 bits per heavy atom. The number of piperidine rings is 1. The topological polar surface area (TPSA) is 51.0 Å². The molecule has 0 bridgehead atoms. The Hall–Kier alpha value is -1.75. The number of benzene rings is 1. The van der Waals surface area contributed by atoms with Crippen LogP contribution in [-0.2, 0) is 0 Å². The molecule has 1 aromatic carbocycles. The molecule has 122 valence electrons. The van der Waals surface area contributed by atoms with Crippen LogP contribution in [0.3, 0.4) is 0 Å². The third-order valence-corrected chi connectivity index (χ3v) is 5.18. The maximum absolute atomic E-state index is 13.2. The van der Waals surface area contributed by atoms with E-state index in [9.17, 15) is 4.39 Å². The fraction of sp³-hybridized carbons (Fsp3) is 0.556. The van der Waals surface area contributed by atoms with E-state index in [0.29, 0.717) is 5.92 Å². The van der Waals surface area contributed by atoms with Crippen molar-refractivity contribution in [2.75, 3.05) is 6.54 Å². The van der Waals surface area contributed by atoms with Crippen molar-refractivity contribution in [3.05, 3.63) is 47.4 Å². The van der Waals surface area contributed by atoms with Gasteiger partial charge in [0.2, 0.25) is 5.89 Å². The van der Waals surface area contributed by atoms with Crippen LogP contribution in [0.5, 0.6) is 0 Å². The van der Waals surface area contributed by atoms with E-state index in [1.165, 1.54) is 25.0 Å². The molecule has 2 aliphatic rings. The van der Waals surface area contributed by atoms with Crippen molar-refractivity contribution in [3.63, 3.8) is 0 Å². The van der Waals surface area contributed by atoms with E-state index in [2.05, 4.69) is 10.5 Å². The third-order valence-electron chi connectivity index (χ3n) is 5.18. The van der Waals surface area contributed by atoms with E-state index in [1.54, 1.807) is 0 Å². The lowest BCUT2D eigenvalue weighted by Gasteiger charge is -2.31. The van der Waals surface area contributed by atoms with Crippen LogP contribution in [0.4, 0.5) is 4.39 Å². The minimum atomic E-state index is -0.204. The van der Waals surface area contributed by atoms with Gasteiger partial charge in [-0.15, -0.1) is 0 Å². The zero-order chi connectivity index (χ0) is 15.6. The summed E-state index contributed by atoms with van der Waals surface area (Å²) in [5.41, 5.74) is 1.09. The molecule has 23 heavy (non-hydrogen) atoms. The summed E-state index contributed by atoms with van der Waals surface area (Å²) in [5.74, 6) is 2.03. The van der Waals surface area contributed by atoms with Crippen molar-refractivity contribution in [1.29, 1.82) is 0 Å². The van der Waals surface area contributed by atoms with Crippen molar-refractivity contribution in [2.24, 2.45) is 0 Å². The zero-order valence-electron chi connectivity index (χ0n) is 13.2. The largest absolute Gasteiger partial charge is 0.339 e. The van der Waals surface area contributed by atoms with Crippen molar-refractivity contribution in [3.8, 4) is 0 Å². The Balaban J connectivity index is 1.58. The molecule has 0 amide bonds. The molecule has 4 rings (SSSR count). The van der Waals surface area contributed by atoms with Crippen LogP contribution in [0.1, 0.15) is 73.7 Å². The Morgan fingerprint density at radius 2 is 1.83 bits per heavy atom. The summed E-state index contributed by atoms with van der Waals surface area (Å²) in [6, 6.07) is 6.86. The Kier molecular flexibility index (Phi) is 4.12. The summed E-state index contributed by atoms with van der Waals surface area (Å²) in [5, 5.41) is 7.82. The predicted octanol–water partition coefficient (Wildman–Crippen LogP) is 4.07. The van der Waals surface area contributed by atoms with E-state index in [0.717, 1.165) is 49.5 Å². The number of hydrogen-bond acceptors (Lipinski definition) is 4. The highest BCUT2D eigenvalue weighted by molar-refractivity contribution is 5.24. The van der Waals surface area contributed by atoms with Gasteiger partial charge in [-0.3, -0.25) is 0 Å². The maximum atomic E-state index is 13.2. The molecule has 2 fully saturated rings. The highest BCUT2D eigenvalue weighted by atomic mass is 19.1. The number of hydrogen-bond donors (Lipinski definition) is 1. The van der Waals surface area contributed by atoms with Gasteiger partial charge in [0.25, 0.3) is 0 Å². The number of halogens is 1. The lowest BCUT2D eigenvalue weighted by atomic mass is 9.85. The molecule has 4 nitrogen and oxygen atoms in total. The summed E-state index contributed by atoms with van der Waals surface area (Å²) in [7, 11) is 0. The molecule has 0 spiro atoms. The number of nitrogens with zero attached hydrogens (tertiary/aromatic N) is 2. The van der Waals surface area contributed by atoms with E-state index in [4.69, 9.17) is 9.51 Å². The summed E-state index contributed by atoms with van der Waals surface area (Å²) in [4.78, 5) is 4.72. The second-order valence-corrected chi connectivity index (χ2v) is 6.70. The van der Waals surface area contributed by atoms with Crippen molar-refractivity contribution in [1.82, 2.24) is 15.5 Å². The number of aromatic nitrogens is 2. The van der Waals surface area contributed by atoms with Gasteiger partial charge in [0.05, 0.1) is 0 Å². The molecule has 1 aliphatic carbocycles. The predicted molar refractivity (Wildman–Crippen MR) is 84.6 cm³/mol. The summed E-state index contributed by atoms with van der Waals surface area (Å²) in [6.07, 6.45) is 6.95. The SMILES string of the molecule is Fc1ccc(C2NCCCC2c2noc(C3CCCC3)n2)cc1. The maximum Gasteiger partial charge on any atom is 0.229 e. The third kappa shape index (κ3) is 3.02. The molecular formula is C18H22FN3O. The molecule has 1 aromatic heterocycles. The van der Waals surface area contributed by atoms with Gasteiger partial charge in [-0.05, 0) is 49.9 Å². The molecule has 1 N–H and O–H groups in total. The minimum Gasteiger partial charge on any atom is -0.339 e. The van der Waals surface area contributed by atoms with Crippen LogP contribution in [0.15, 0.2) is 28.8 Å². The monoisotopic (exact) mass is 315 g/mol. The standard InChI is InChI=1S/C18H22FN3O/c19-14-9-7-12(8-10-14)16-15(6-3-11-20-16)17-21-18(23-22-17)13-4-1-2-5-13/h7-10,13,15-16,20H,1-6,11H2. The average Bonchev–Trinajstić information content (AvgIpc) is 3.27. The second-order valence-electron chi connectivity index (χ2n) is 6.70. The lowest BCUT2D eigenvalue weighted by Crippen LogP contribution is -2.33. The first-order chi connectivity index (χ1) is 11.3. The van der Waals surface area contributed by atoms with Gasteiger partial charge in [-0.25, -0.2) is 4.39 Å². The van der Waals surface area contributed by atoms with E-state index >= 15 is 0 Å². The molecule has 1 aliphatic heterocycles. The smallest absolute Gasteiger partial charge is 0.229 e. The van der Waals surface area contributed by atoms with E-state index < -0.39 is 0 Å². The van der Waals surface area contributed by atoms with Crippen LogP contribution in [0, 0.1) is 5.82 Å². The average molecular weight is 315 g/mol. The fourth-order valence-corrected chi connectivity index (χ4v) is 3.92. The molecule has 2 heterocycles. The van der Waals surface area contributed by atoms with Crippen molar-refractivity contribution in [2.45, 2.75) is 56.4 Å². The van der Waals surface area contributed by atoms with Crippen molar-refractivity contribution >= 4 is 0 Å². The lowest BCUT2D eigenvalue weighted by molar-refractivity contribution is 0.319. The van der Waals surface area contributed by atoms with Crippen LogP contribution in [0.2, 0.25) is 0 Å². The first kappa shape index (κ1) is 14.8. The van der Waals surface area contributed by atoms with Gasteiger partial charge in [0, 0.05) is 17.9 Å². The van der Waals surface area contributed by atoms with Crippen molar-refractivity contribution < 1.29 is 8.91 Å². The molecule has 2 aromatic rings. The van der Waals surface area contributed by atoms with Crippen LogP contribution >= 0.6 is 0 Å². The van der Waals surface area contributed by atoms with Gasteiger partial charge < -0.3 is 9.84 Å². The molecule has 2 atom stereocenters. The van der Waals surface area contributed by atoms with Gasteiger partial charge in [0.1, 0.15) is 5.82 Å². The van der Waals surface area contributed by atoms with Gasteiger partial charge >= 0.3 is 0 Å². The van der Waals surface area contributed by atoms with Gasteiger partial charge in [-0.2, -0.15) is 4.98 Å². The van der Waals surface area contributed by atoms with E-state index in [-0.39, 0.29) is 17.8 Å². The molecule has 1 saturated carbocycles. The van der Waals surface area contributed by atoms with Crippen LogP contribution in [-0.4, -0.2) is 16.7 Å². The quantitative estimate of drug-likeness (QED) is 0.927. The number of rotatable bonds is 3. The van der Waals surface area contributed by atoms with Gasteiger partial charge in [0.15, 0.2) is 5.82 Å². The van der Waals surface area contributed by atoms with Crippen LogP contribution < -0.4 is 5.32 Å². The highest BCUT2D eigenvalue weighted by Crippen LogP contribution is 2.38. The first-order valence-electron chi connectivity index (χ1n) is 8.63. The zero-order valence-corrected chi connectivity index (χ0v) is 13.2. The minimum absolute atomic E-state index is 0.123. The Morgan fingerprint density at radius 3 is 2.61 bits per heavy atom. The molecular weight excluding hydrogens is 293 g/mol. The summed E-state index contributed by atoms with van der Waals surface area (Å²) in [6.45, 7) is 0.964. The van der Waals surface area contributed by atoms with E-state index in [1.807, 2.05) is 12.1 Å². The molecule has 5 heteroatoms. The molecule has 2 unspecified atom stereocenters. The molecule has 1 saturated heterocycles. The fourth-order valence-electron chi connectivity index (χ4n) is 3.92.